The van der Waals surface area contributed by atoms with Crippen LogP contribution in [0.25, 0.3) is 0 Å². The van der Waals surface area contributed by atoms with E-state index in [0.29, 0.717) is 28.6 Å². The highest BCUT2D eigenvalue weighted by Gasteiger charge is 2.13. The number of amides is 1. The quantitative estimate of drug-likeness (QED) is 0.638. The normalized spacial score (nSPS) is 10.4. The molecule has 100 valence electrons. The zero-order chi connectivity index (χ0) is 14.0. The van der Waals surface area contributed by atoms with E-state index in [0.717, 1.165) is 11.3 Å². The van der Waals surface area contributed by atoms with Crippen LogP contribution in [0.15, 0.2) is 22.3 Å². The van der Waals surface area contributed by atoms with Gasteiger partial charge in [-0.2, -0.15) is 0 Å². The van der Waals surface area contributed by atoms with Crippen LogP contribution >= 0.6 is 22.9 Å². The van der Waals surface area contributed by atoms with Gasteiger partial charge >= 0.3 is 4.87 Å². The van der Waals surface area contributed by atoms with Gasteiger partial charge < -0.3 is 21.8 Å². The number of nitrogens with two attached hydrogens (primary N) is 2. The van der Waals surface area contributed by atoms with Gasteiger partial charge in [-0.3, -0.25) is 9.59 Å². The predicted octanol–water partition coefficient (Wildman–Crippen LogP) is 1.38. The van der Waals surface area contributed by atoms with Gasteiger partial charge in [0.05, 0.1) is 22.8 Å². The molecule has 8 heteroatoms. The molecule has 1 aromatic carbocycles. The lowest BCUT2D eigenvalue weighted by atomic mass is 10.1. The summed E-state index contributed by atoms with van der Waals surface area (Å²) in [5.41, 5.74) is 12.5. The second-order valence-electron chi connectivity index (χ2n) is 3.82. The number of primary amides is 1. The molecule has 19 heavy (non-hydrogen) atoms. The van der Waals surface area contributed by atoms with E-state index in [1.165, 1.54) is 12.1 Å². The van der Waals surface area contributed by atoms with Gasteiger partial charge in [-0.1, -0.05) is 22.9 Å². The van der Waals surface area contributed by atoms with Gasteiger partial charge in [0.1, 0.15) is 0 Å². The summed E-state index contributed by atoms with van der Waals surface area (Å²) in [5, 5.41) is 4.95. The number of anilines is 2. The van der Waals surface area contributed by atoms with Crippen molar-refractivity contribution in [2.24, 2.45) is 5.73 Å². The SMILES string of the molecule is NC(=O)c1cc(N)cc(Cl)c1NCc1csc(=O)[nH]1. The Kier molecular flexibility index (Phi) is 3.77. The minimum absolute atomic E-state index is 0.143. The van der Waals surface area contributed by atoms with Crippen LogP contribution in [0.1, 0.15) is 16.1 Å². The van der Waals surface area contributed by atoms with E-state index in [9.17, 15) is 9.59 Å². The standard InChI is InChI=1S/C11H11ClN4O2S/c12-8-2-5(13)1-7(10(14)17)9(8)15-3-6-4-19-11(18)16-6/h1-2,4,15H,3,13H2,(H2,14,17)(H,16,18). The molecule has 2 aromatic rings. The number of hydrogen-bond donors (Lipinski definition) is 4. The summed E-state index contributed by atoms with van der Waals surface area (Å²) in [6.07, 6.45) is 0. The van der Waals surface area contributed by atoms with E-state index in [1.807, 2.05) is 0 Å². The Labute approximate surface area is 117 Å². The highest BCUT2D eigenvalue weighted by molar-refractivity contribution is 7.07. The van der Waals surface area contributed by atoms with E-state index in [2.05, 4.69) is 10.3 Å². The summed E-state index contributed by atoms with van der Waals surface area (Å²) in [6.45, 7) is 0.322. The number of H-pyrrole nitrogens is 1. The largest absolute Gasteiger partial charge is 0.399 e. The van der Waals surface area contributed by atoms with E-state index in [1.54, 1.807) is 5.38 Å². The fraction of sp³-hybridized carbons (Fsp3) is 0.0909. The number of benzene rings is 1. The van der Waals surface area contributed by atoms with Crippen molar-refractivity contribution < 1.29 is 4.79 Å². The maximum Gasteiger partial charge on any atom is 0.304 e. The van der Waals surface area contributed by atoms with Gasteiger partial charge in [-0.15, -0.1) is 0 Å². The van der Waals surface area contributed by atoms with Crippen LogP contribution in [-0.4, -0.2) is 10.9 Å². The Bertz CT molecular complexity index is 680. The summed E-state index contributed by atoms with van der Waals surface area (Å²) in [7, 11) is 0. The zero-order valence-corrected chi connectivity index (χ0v) is 11.3. The van der Waals surface area contributed by atoms with Crippen molar-refractivity contribution in [3.8, 4) is 0 Å². The molecule has 6 N–H and O–H groups in total. The summed E-state index contributed by atoms with van der Waals surface area (Å²) in [5.74, 6) is -0.629. The maximum absolute atomic E-state index is 11.4. The molecule has 0 unspecified atom stereocenters. The smallest absolute Gasteiger partial charge is 0.304 e. The van der Waals surface area contributed by atoms with Gasteiger partial charge in [0.15, 0.2) is 0 Å². The molecule has 0 saturated heterocycles. The van der Waals surface area contributed by atoms with Crippen molar-refractivity contribution in [1.82, 2.24) is 4.98 Å². The van der Waals surface area contributed by atoms with Crippen LogP contribution in [0.2, 0.25) is 5.02 Å². The number of halogens is 1. The number of aromatic amines is 1. The topological polar surface area (TPSA) is 114 Å². The molecular weight excluding hydrogens is 288 g/mol. The van der Waals surface area contributed by atoms with Crippen molar-refractivity contribution >= 4 is 40.2 Å². The van der Waals surface area contributed by atoms with Crippen molar-refractivity contribution in [2.45, 2.75) is 6.54 Å². The second-order valence-corrected chi connectivity index (χ2v) is 5.07. The van der Waals surface area contributed by atoms with E-state index >= 15 is 0 Å². The summed E-state index contributed by atoms with van der Waals surface area (Å²) >= 11 is 7.09. The van der Waals surface area contributed by atoms with Gasteiger partial charge in [0, 0.05) is 16.8 Å². The maximum atomic E-state index is 11.4. The summed E-state index contributed by atoms with van der Waals surface area (Å²) in [4.78, 5) is 24.9. The third kappa shape index (κ3) is 3.07. The minimum Gasteiger partial charge on any atom is -0.399 e. The Morgan fingerprint density at radius 1 is 1.47 bits per heavy atom. The van der Waals surface area contributed by atoms with Crippen LogP contribution in [0.4, 0.5) is 11.4 Å². The Hall–Kier alpha value is -1.99. The number of rotatable bonds is 4. The Morgan fingerprint density at radius 2 is 2.21 bits per heavy atom. The molecule has 1 amide bonds. The third-order valence-electron chi connectivity index (χ3n) is 2.40. The number of aromatic nitrogens is 1. The Balaban J connectivity index is 2.28. The number of nitrogens with one attached hydrogen (secondary N) is 2. The molecule has 1 heterocycles. The summed E-state index contributed by atoms with van der Waals surface area (Å²) < 4.78 is 0. The van der Waals surface area contributed by atoms with Crippen molar-refractivity contribution in [1.29, 1.82) is 0 Å². The number of hydrogen-bond acceptors (Lipinski definition) is 5. The molecule has 0 aliphatic rings. The fourth-order valence-electron chi connectivity index (χ4n) is 1.59. The van der Waals surface area contributed by atoms with E-state index in [-0.39, 0.29) is 10.4 Å². The average molecular weight is 299 g/mol. The molecule has 0 fully saturated rings. The lowest BCUT2D eigenvalue weighted by molar-refractivity contribution is 0.100. The van der Waals surface area contributed by atoms with Crippen LogP contribution in [0, 0.1) is 0 Å². The first kappa shape index (κ1) is 13.4. The Morgan fingerprint density at radius 3 is 2.79 bits per heavy atom. The van der Waals surface area contributed by atoms with E-state index in [4.69, 9.17) is 23.1 Å². The molecule has 0 aliphatic heterocycles. The first-order valence-electron chi connectivity index (χ1n) is 5.26. The van der Waals surface area contributed by atoms with Gasteiger partial charge in [0.25, 0.3) is 5.91 Å². The number of carbonyl (C=O) groups excluding carboxylic acids is 1. The van der Waals surface area contributed by atoms with Crippen molar-refractivity contribution in [2.75, 3.05) is 11.1 Å². The number of thiazole rings is 1. The highest BCUT2D eigenvalue weighted by Crippen LogP contribution is 2.29. The van der Waals surface area contributed by atoms with Crippen molar-refractivity contribution in [3.05, 3.63) is 43.5 Å². The number of nitrogen functional groups attached to an aromatic ring is 1. The highest BCUT2D eigenvalue weighted by atomic mass is 35.5. The first-order chi connectivity index (χ1) is 8.97. The lowest BCUT2D eigenvalue weighted by Gasteiger charge is -2.12. The van der Waals surface area contributed by atoms with Crippen LogP contribution in [0.3, 0.4) is 0 Å². The van der Waals surface area contributed by atoms with Crippen LogP contribution in [-0.2, 0) is 6.54 Å². The van der Waals surface area contributed by atoms with Crippen LogP contribution < -0.4 is 21.7 Å². The third-order valence-corrected chi connectivity index (χ3v) is 3.42. The van der Waals surface area contributed by atoms with Crippen molar-refractivity contribution in [3.63, 3.8) is 0 Å². The fourth-order valence-corrected chi connectivity index (χ4v) is 2.46. The summed E-state index contributed by atoms with van der Waals surface area (Å²) in [6, 6.07) is 2.97. The average Bonchev–Trinajstić information content (AvgIpc) is 2.73. The minimum atomic E-state index is -0.629. The molecule has 0 aliphatic carbocycles. The molecule has 0 atom stereocenters. The predicted molar refractivity (Wildman–Crippen MR) is 76.6 cm³/mol. The van der Waals surface area contributed by atoms with E-state index < -0.39 is 5.91 Å². The number of carbonyl (C=O) groups is 1. The molecule has 0 radical (unpaired) electrons. The monoisotopic (exact) mass is 298 g/mol. The lowest BCUT2D eigenvalue weighted by Crippen LogP contribution is -2.15. The van der Waals surface area contributed by atoms with Gasteiger partial charge in [-0.25, -0.2) is 0 Å². The molecule has 2 rings (SSSR count). The molecular formula is C11H11ClN4O2S. The van der Waals surface area contributed by atoms with Crippen LogP contribution in [0.5, 0.6) is 0 Å². The van der Waals surface area contributed by atoms with Gasteiger partial charge in [-0.05, 0) is 12.1 Å². The molecule has 6 nitrogen and oxygen atoms in total. The zero-order valence-electron chi connectivity index (χ0n) is 9.70. The second kappa shape index (κ2) is 5.33. The molecule has 0 saturated carbocycles. The molecule has 1 aromatic heterocycles. The molecule has 0 spiro atoms. The first-order valence-corrected chi connectivity index (χ1v) is 6.52. The molecule has 0 bridgehead atoms. The van der Waals surface area contributed by atoms with Gasteiger partial charge in [0.2, 0.25) is 0 Å².